The Balaban J connectivity index is 2.29. The average molecular weight is 322 g/mol. The van der Waals surface area contributed by atoms with Crippen LogP contribution in [-0.2, 0) is 4.79 Å². The van der Waals surface area contributed by atoms with Crippen molar-refractivity contribution in [2.75, 3.05) is 6.54 Å². The first-order chi connectivity index (χ1) is 10.4. The van der Waals surface area contributed by atoms with Gasteiger partial charge < -0.3 is 14.4 Å². The maximum Gasteiger partial charge on any atom is 0.323 e. The number of furan rings is 1. The average Bonchev–Trinajstić information content (AvgIpc) is 2.93. The second-order valence-corrected chi connectivity index (χ2v) is 5.47. The second-order valence-electron chi connectivity index (χ2n) is 5.06. The van der Waals surface area contributed by atoms with Gasteiger partial charge in [0, 0.05) is 11.6 Å². The summed E-state index contributed by atoms with van der Waals surface area (Å²) in [6.07, 6.45) is 0. The molecule has 0 atom stereocenters. The van der Waals surface area contributed by atoms with Crippen molar-refractivity contribution in [1.29, 1.82) is 0 Å². The van der Waals surface area contributed by atoms with Crippen molar-refractivity contribution in [2.45, 2.75) is 19.9 Å². The molecule has 0 saturated heterocycles. The molecule has 1 N–H and O–H groups in total. The third kappa shape index (κ3) is 3.49. The first kappa shape index (κ1) is 16.1. The summed E-state index contributed by atoms with van der Waals surface area (Å²) in [7, 11) is 0. The highest BCUT2D eigenvalue weighted by Gasteiger charge is 2.24. The highest BCUT2D eigenvalue weighted by Crippen LogP contribution is 2.29. The molecule has 0 radical (unpaired) electrons. The lowest BCUT2D eigenvalue weighted by Crippen LogP contribution is -2.40. The zero-order valence-corrected chi connectivity index (χ0v) is 13.0. The monoisotopic (exact) mass is 321 g/mol. The number of nitrogens with zero attached hydrogens (tertiary/aromatic N) is 1. The predicted octanol–water partition coefficient (Wildman–Crippen LogP) is 3.54. The molecule has 0 fully saturated rings. The van der Waals surface area contributed by atoms with E-state index in [4.69, 9.17) is 21.1 Å². The van der Waals surface area contributed by atoms with Crippen LogP contribution < -0.4 is 0 Å². The van der Waals surface area contributed by atoms with E-state index in [2.05, 4.69) is 0 Å². The maximum atomic E-state index is 12.4. The summed E-state index contributed by atoms with van der Waals surface area (Å²) < 4.78 is 5.56. The normalized spacial score (nSPS) is 10.7. The summed E-state index contributed by atoms with van der Waals surface area (Å²) in [4.78, 5) is 24.5. The number of aliphatic carboxylic acids is 1. The quantitative estimate of drug-likeness (QED) is 0.914. The minimum Gasteiger partial charge on any atom is -0.480 e. The van der Waals surface area contributed by atoms with Crippen LogP contribution in [0.4, 0.5) is 0 Å². The van der Waals surface area contributed by atoms with Crippen LogP contribution >= 0.6 is 11.6 Å². The van der Waals surface area contributed by atoms with Gasteiger partial charge in [-0.05, 0) is 38.1 Å². The van der Waals surface area contributed by atoms with E-state index in [9.17, 15) is 9.59 Å². The van der Waals surface area contributed by atoms with Crippen molar-refractivity contribution in [3.8, 4) is 11.3 Å². The minimum absolute atomic E-state index is 0.0878. The van der Waals surface area contributed by atoms with E-state index in [0.717, 1.165) is 0 Å². The van der Waals surface area contributed by atoms with Crippen LogP contribution in [0.3, 0.4) is 0 Å². The van der Waals surface area contributed by atoms with Crippen LogP contribution in [0.2, 0.25) is 5.02 Å². The molecule has 0 spiro atoms. The van der Waals surface area contributed by atoms with E-state index >= 15 is 0 Å². The van der Waals surface area contributed by atoms with Crippen molar-refractivity contribution in [1.82, 2.24) is 4.90 Å². The number of carbonyl (C=O) groups excluding carboxylic acids is 1. The van der Waals surface area contributed by atoms with Gasteiger partial charge in [0.1, 0.15) is 12.3 Å². The number of halogens is 1. The molecule has 0 saturated carbocycles. The van der Waals surface area contributed by atoms with Gasteiger partial charge in [-0.1, -0.05) is 23.7 Å². The van der Waals surface area contributed by atoms with E-state index in [-0.39, 0.29) is 18.3 Å². The maximum absolute atomic E-state index is 12.4. The topological polar surface area (TPSA) is 70.8 Å². The van der Waals surface area contributed by atoms with E-state index in [0.29, 0.717) is 16.3 Å². The Bertz CT molecular complexity index is 693. The van der Waals surface area contributed by atoms with Crippen LogP contribution in [0.1, 0.15) is 24.4 Å². The zero-order chi connectivity index (χ0) is 16.3. The highest BCUT2D eigenvalue weighted by molar-refractivity contribution is 6.33. The Morgan fingerprint density at radius 3 is 2.50 bits per heavy atom. The number of benzene rings is 1. The van der Waals surface area contributed by atoms with Gasteiger partial charge in [0.05, 0.1) is 5.02 Å². The Hall–Kier alpha value is -2.27. The number of carboxylic acid groups (broad SMARTS) is 1. The zero-order valence-electron chi connectivity index (χ0n) is 12.2. The van der Waals surface area contributed by atoms with Gasteiger partial charge in [-0.3, -0.25) is 9.59 Å². The molecule has 1 aromatic heterocycles. The summed E-state index contributed by atoms with van der Waals surface area (Å²) in [6.45, 7) is 3.12. The summed E-state index contributed by atoms with van der Waals surface area (Å²) >= 11 is 6.10. The van der Waals surface area contributed by atoms with Gasteiger partial charge in [-0.25, -0.2) is 0 Å². The SMILES string of the molecule is CC(C)N(CC(=O)O)C(=O)c1ccc(-c2ccccc2Cl)o1. The van der Waals surface area contributed by atoms with Crippen LogP contribution in [-0.4, -0.2) is 34.5 Å². The molecule has 0 aliphatic heterocycles. The van der Waals surface area contributed by atoms with Gasteiger partial charge in [-0.15, -0.1) is 0 Å². The third-order valence-electron chi connectivity index (χ3n) is 3.15. The van der Waals surface area contributed by atoms with Crippen LogP contribution in [0.15, 0.2) is 40.8 Å². The molecule has 2 aromatic rings. The number of rotatable bonds is 5. The van der Waals surface area contributed by atoms with Crippen molar-refractivity contribution >= 4 is 23.5 Å². The smallest absolute Gasteiger partial charge is 0.323 e. The number of carbonyl (C=O) groups is 2. The molecular weight excluding hydrogens is 306 g/mol. The molecule has 6 heteroatoms. The van der Waals surface area contributed by atoms with Gasteiger partial charge in [-0.2, -0.15) is 0 Å². The highest BCUT2D eigenvalue weighted by atomic mass is 35.5. The summed E-state index contributed by atoms with van der Waals surface area (Å²) in [5.41, 5.74) is 0.678. The molecule has 0 aliphatic carbocycles. The Morgan fingerprint density at radius 1 is 1.23 bits per heavy atom. The lowest BCUT2D eigenvalue weighted by Gasteiger charge is -2.23. The molecule has 0 unspecified atom stereocenters. The molecule has 0 aliphatic rings. The van der Waals surface area contributed by atoms with Crippen LogP contribution in [0, 0.1) is 0 Å². The fourth-order valence-electron chi connectivity index (χ4n) is 2.03. The second kappa shape index (κ2) is 6.66. The van der Waals surface area contributed by atoms with Gasteiger partial charge in [0.25, 0.3) is 5.91 Å². The van der Waals surface area contributed by atoms with E-state index < -0.39 is 11.9 Å². The van der Waals surface area contributed by atoms with E-state index in [1.54, 1.807) is 38.1 Å². The number of carboxylic acids is 1. The van der Waals surface area contributed by atoms with Gasteiger partial charge in [0.15, 0.2) is 5.76 Å². The molecule has 22 heavy (non-hydrogen) atoms. The van der Waals surface area contributed by atoms with Gasteiger partial charge in [0.2, 0.25) is 0 Å². The molecule has 116 valence electrons. The van der Waals surface area contributed by atoms with Crippen molar-refractivity contribution in [3.05, 3.63) is 47.2 Å². The third-order valence-corrected chi connectivity index (χ3v) is 3.48. The summed E-state index contributed by atoms with van der Waals surface area (Å²) in [5.74, 6) is -0.978. The van der Waals surface area contributed by atoms with E-state index in [1.165, 1.54) is 11.0 Å². The fraction of sp³-hybridized carbons (Fsp3) is 0.250. The number of hydrogen-bond donors (Lipinski definition) is 1. The summed E-state index contributed by atoms with van der Waals surface area (Å²) in [6, 6.07) is 10.0. The summed E-state index contributed by atoms with van der Waals surface area (Å²) in [5, 5.41) is 9.42. The van der Waals surface area contributed by atoms with Crippen molar-refractivity contribution < 1.29 is 19.1 Å². The first-order valence-corrected chi connectivity index (χ1v) is 7.15. The number of amides is 1. The van der Waals surface area contributed by atoms with Crippen molar-refractivity contribution in [3.63, 3.8) is 0 Å². The molecule has 1 heterocycles. The Kier molecular flexibility index (Phi) is 4.88. The first-order valence-electron chi connectivity index (χ1n) is 6.77. The fourth-order valence-corrected chi connectivity index (χ4v) is 2.26. The van der Waals surface area contributed by atoms with Gasteiger partial charge >= 0.3 is 5.97 Å². The lowest BCUT2D eigenvalue weighted by molar-refractivity contribution is -0.138. The molecule has 0 bridgehead atoms. The molecular formula is C16H16ClNO4. The van der Waals surface area contributed by atoms with Crippen LogP contribution in [0.25, 0.3) is 11.3 Å². The standard InChI is InChI=1S/C16H16ClNO4/c1-10(2)18(9-15(19)20)16(21)14-8-7-13(22-14)11-5-3-4-6-12(11)17/h3-8,10H,9H2,1-2H3,(H,19,20). The predicted molar refractivity (Wildman–Crippen MR) is 83.0 cm³/mol. The number of hydrogen-bond acceptors (Lipinski definition) is 3. The largest absolute Gasteiger partial charge is 0.480 e. The molecule has 2 rings (SSSR count). The molecule has 5 nitrogen and oxygen atoms in total. The Morgan fingerprint density at radius 2 is 1.91 bits per heavy atom. The molecule has 1 aromatic carbocycles. The van der Waals surface area contributed by atoms with Crippen molar-refractivity contribution in [2.24, 2.45) is 0 Å². The van der Waals surface area contributed by atoms with E-state index in [1.807, 2.05) is 6.07 Å². The van der Waals surface area contributed by atoms with Crippen LogP contribution in [0.5, 0.6) is 0 Å². The molecule has 1 amide bonds. The minimum atomic E-state index is -1.07. The Labute approximate surface area is 133 Å². The lowest BCUT2D eigenvalue weighted by atomic mass is 10.2.